The zero-order valence-electron chi connectivity index (χ0n) is 31.7. The average molecular weight is 781 g/mol. The third-order valence-corrected chi connectivity index (χ3v) is 12.4. The Balaban J connectivity index is 1.06. The fourth-order valence-electron chi connectivity index (χ4n) is 8.69. The zero-order chi connectivity index (χ0) is 39.5. The number of para-hydroxylation sites is 1. The zero-order valence-corrected chi connectivity index (χ0v) is 32.5. The molecule has 0 amide bonds. The van der Waals surface area contributed by atoms with Gasteiger partial charge in [-0.25, -0.2) is 8.78 Å². The maximum absolute atomic E-state index is 15.4. The fourth-order valence-corrected chi connectivity index (χ4v) is 9.82. The van der Waals surface area contributed by atoms with Crippen LogP contribution in [0.15, 0.2) is 206 Å². The standard InChI is InChI=1S/C54H34F2N2S/c55-39-28-31-49-46(34-39)54-47(56)21-11-23-50(54)58(49)48-22-6-4-18-43(48)36-26-29-40(30-27-36)57(41-16-8-14-37(32-41)35-12-2-1-3-13-35)42-17-9-15-38(33-42)44-20-10-25-52-53(44)45-19-5-7-24-51(45)59-52/h1-34H. The maximum Gasteiger partial charge on any atom is 0.133 e. The van der Waals surface area contributed by atoms with Crippen molar-refractivity contribution in [2.75, 3.05) is 4.90 Å². The summed E-state index contributed by atoms with van der Waals surface area (Å²) < 4.78 is 34.6. The third kappa shape index (κ3) is 5.98. The number of benzene rings is 9. The van der Waals surface area contributed by atoms with Crippen LogP contribution in [0.5, 0.6) is 0 Å². The monoisotopic (exact) mass is 780 g/mol. The molecule has 2 heterocycles. The Kier molecular flexibility index (Phi) is 8.42. The summed E-state index contributed by atoms with van der Waals surface area (Å²) in [5, 5.41) is 3.51. The second kappa shape index (κ2) is 14.2. The van der Waals surface area contributed by atoms with Gasteiger partial charge in [-0.2, -0.15) is 0 Å². The quantitative estimate of drug-likeness (QED) is 0.156. The van der Waals surface area contributed by atoms with Crippen molar-refractivity contribution in [2.24, 2.45) is 0 Å². The minimum atomic E-state index is -0.398. The summed E-state index contributed by atoms with van der Waals surface area (Å²) in [4.78, 5) is 2.32. The van der Waals surface area contributed by atoms with Gasteiger partial charge in [0.05, 0.1) is 16.7 Å². The molecule has 0 bridgehead atoms. The maximum atomic E-state index is 15.4. The second-order valence-electron chi connectivity index (χ2n) is 14.8. The van der Waals surface area contributed by atoms with Crippen LogP contribution in [0.3, 0.4) is 0 Å². The van der Waals surface area contributed by atoms with E-state index in [1.807, 2.05) is 46.2 Å². The molecule has 9 aromatic carbocycles. The number of rotatable bonds is 7. The van der Waals surface area contributed by atoms with E-state index in [4.69, 9.17) is 0 Å². The first-order valence-corrected chi connectivity index (χ1v) is 20.4. The van der Waals surface area contributed by atoms with E-state index in [0.29, 0.717) is 16.3 Å². The molecule has 0 aliphatic carbocycles. The van der Waals surface area contributed by atoms with Crippen LogP contribution in [0.1, 0.15) is 0 Å². The van der Waals surface area contributed by atoms with E-state index in [1.54, 1.807) is 12.1 Å². The number of fused-ring (bicyclic) bond motifs is 6. The summed E-state index contributed by atoms with van der Waals surface area (Å²) in [5.41, 5.74) is 12.0. The summed E-state index contributed by atoms with van der Waals surface area (Å²) in [6.45, 7) is 0. The smallest absolute Gasteiger partial charge is 0.133 e. The van der Waals surface area contributed by atoms with Gasteiger partial charge in [-0.3, -0.25) is 0 Å². The molecular weight excluding hydrogens is 747 g/mol. The lowest BCUT2D eigenvalue weighted by Gasteiger charge is -2.27. The van der Waals surface area contributed by atoms with Crippen LogP contribution in [0.2, 0.25) is 0 Å². The lowest BCUT2D eigenvalue weighted by atomic mass is 9.98. The minimum absolute atomic E-state index is 0.375. The van der Waals surface area contributed by atoms with Gasteiger partial charge >= 0.3 is 0 Å². The molecule has 2 nitrogen and oxygen atoms in total. The van der Waals surface area contributed by atoms with Crippen LogP contribution >= 0.6 is 11.3 Å². The van der Waals surface area contributed by atoms with Crippen molar-refractivity contribution < 1.29 is 8.78 Å². The molecule has 5 heteroatoms. The van der Waals surface area contributed by atoms with Crippen LogP contribution in [0.4, 0.5) is 25.8 Å². The van der Waals surface area contributed by atoms with Gasteiger partial charge in [0, 0.05) is 53.6 Å². The number of anilines is 3. The van der Waals surface area contributed by atoms with E-state index >= 15 is 4.39 Å². The van der Waals surface area contributed by atoms with Gasteiger partial charge in [-0.05, 0) is 113 Å². The lowest BCUT2D eigenvalue weighted by molar-refractivity contribution is 0.629. The van der Waals surface area contributed by atoms with Crippen molar-refractivity contribution in [3.63, 3.8) is 0 Å². The van der Waals surface area contributed by atoms with Gasteiger partial charge in [0.2, 0.25) is 0 Å². The highest BCUT2D eigenvalue weighted by atomic mass is 32.1. The highest BCUT2D eigenvalue weighted by Gasteiger charge is 2.20. The molecule has 0 radical (unpaired) electrons. The van der Waals surface area contributed by atoms with Gasteiger partial charge in [0.1, 0.15) is 11.6 Å². The molecule has 0 saturated carbocycles. The number of halogens is 2. The van der Waals surface area contributed by atoms with Crippen molar-refractivity contribution in [3.8, 4) is 39.1 Å². The Morgan fingerprint density at radius 3 is 1.90 bits per heavy atom. The molecule has 11 rings (SSSR count). The van der Waals surface area contributed by atoms with E-state index in [-0.39, 0.29) is 5.82 Å². The van der Waals surface area contributed by atoms with Crippen LogP contribution in [0, 0.1) is 11.6 Å². The molecule has 0 spiro atoms. The van der Waals surface area contributed by atoms with E-state index in [2.05, 4.69) is 150 Å². The Morgan fingerprint density at radius 1 is 0.390 bits per heavy atom. The van der Waals surface area contributed by atoms with E-state index in [0.717, 1.165) is 56.1 Å². The number of hydrogen-bond donors (Lipinski definition) is 0. The lowest BCUT2D eigenvalue weighted by Crippen LogP contribution is -2.10. The van der Waals surface area contributed by atoms with Gasteiger partial charge in [0.25, 0.3) is 0 Å². The van der Waals surface area contributed by atoms with Gasteiger partial charge < -0.3 is 9.47 Å². The first-order valence-electron chi connectivity index (χ1n) is 19.6. The fraction of sp³-hybridized carbons (Fsp3) is 0. The first-order chi connectivity index (χ1) is 29.1. The van der Waals surface area contributed by atoms with Crippen LogP contribution in [-0.4, -0.2) is 4.57 Å². The van der Waals surface area contributed by atoms with Crippen molar-refractivity contribution >= 4 is 70.4 Å². The SMILES string of the molecule is Fc1ccc2c(c1)c1c(F)cccc1n2-c1ccccc1-c1ccc(N(c2cccc(-c3ccccc3)c2)c2cccc(-c3cccc4sc5ccccc5c34)c2)cc1. The normalized spacial score (nSPS) is 11.6. The highest BCUT2D eigenvalue weighted by molar-refractivity contribution is 7.25. The first kappa shape index (κ1) is 34.9. The molecule has 0 fully saturated rings. The Hall–Kier alpha value is -7.34. The Bertz CT molecular complexity index is 3360. The van der Waals surface area contributed by atoms with Crippen LogP contribution < -0.4 is 4.90 Å². The summed E-state index contributed by atoms with van der Waals surface area (Å²) in [7, 11) is 0. The number of thiophene rings is 1. The van der Waals surface area contributed by atoms with Gasteiger partial charge in [-0.1, -0.05) is 121 Å². The van der Waals surface area contributed by atoms with Crippen LogP contribution in [-0.2, 0) is 0 Å². The Labute approximate surface area is 344 Å². The molecule has 59 heavy (non-hydrogen) atoms. The van der Waals surface area contributed by atoms with Crippen molar-refractivity contribution in [2.45, 2.75) is 0 Å². The molecule has 0 aliphatic rings. The summed E-state index contributed by atoms with van der Waals surface area (Å²) in [5.74, 6) is -0.773. The van der Waals surface area contributed by atoms with Crippen molar-refractivity contribution in [3.05, 3.63) is 218 Å². The third-order valence-electron chi connectivity index (χ3n) is 11.3. The van der Waals surface area contributed by atoms with Crippen molar-refractivity contribution in [1.29, 1.82) is 0 Å². The topological polar surface area (TPSA) is 8.17 Å². The predicted molar refractivity (Wildman–Crippen MR) is 245 cm³/mol. The molecule has 2 aromatic heterocycles. The molecule has 0 atom stereocenters. The molecule has 0 aliphatic heterocycles. The molecule has 0 unspecified atom stereocenters. The van der Waals surface area contributed by atoms with E-state index in [1.165, 1.54) is 43.9 Å². The molecular formula is C54H34F2N2S. The Morgan fingerprint density at radius 2 is 1.05 bits per heavy atom. The number of nitrogens with zero attached hydrogens (tertiary/aromatic N) is 2. The van der Waals surface area contributed by atoms with E-state index < -0.39 is 5.82 Å². The van der Waals surface area contributed by atoms with Crippen LogP contribution in [0.25, 0.3) is 81.0 Å². The molecule has 0 saturated heterocycles. The van der Waals surface area contributed by atoms with Gasteiger partial charge in [-0.15, -0.1) is 11.3 Å². The number of hydrogen-bond acceptors (Lipinski definition) is 2. The summed E-state index contributed by atoms with van der Waals surface area (Å²) in [6.07, 6.45) is 0. The van der Waals surface area contributed by atoms with Crippen molar-refractivity contribution in [1.82, 2.24) is 4.57 Å². The summed E-state index contributed by atoms with van der Waals surface area (Å²) in [6, 6.07) is 69.7. The summed E-state index contributed by atoms with van der Waals surface area (Å²) >= 11 is 1.83. The molecule has 280 valence electrons. The second-order valence-corrected chi connectivity index (χ2v) is 15.9. The highest BCUT2D eigenvalue weighted by Crippen LogP contribution is 2.44. The number of aromatic nitrogens is 1. The predicted octanol–water partition coefficient (Wildman–Crippen LogP) is 15.9. The molecule has 0 N–H and O–H groups in total. The minimum Gasteiger partial charge on any atom is -0.310 e. The van der Waals surface area contributed by atoms with Gasteiger partial charge in [0.15, 0.2) is 0 Å². The largest absolute Gasteiger partial charge is 0.310 e. The van der Waals surface area contributed by atoms with E-state index in [9.17, 15) is 4.39 Å². The molecule has 11 aromatic rings. The average Bonchev–Trinajstić information content (AvgIpc) is 3.83.